The maximum absolute atomic E-state index is 13.1. The lowest BCUT2D eigenvalue weighted by molar-refractivity contribution is 0.0943. The SMILES string of the molecule is Cc1ccc(C(CNC(=O)c2cccc3nc(CN4CCC(N)C4)cn23)CC(C)C)cc1. The van der Waals surface area contributed by atoms with Crippen molar-refractivity contribution in [3.05, 3.63) is 71.2 Å². The van der Waals surface area contributed by atoms with Crippen LogP contribution in [-0.4, -0.2) is 45.9 Å². The Kier molecular flexibility index (Phi) is 6.92. The predicted molar refractivity (Wildman–Crippen MR) is 129 cm³/mol. The van der Waals surface area contributed by atoms with Gasteiger partial charge < -0.3 is 11.1 Å². The molecule has 0 radical (unpaired) electrons. The second-order valence-corrected chi connectivity index (χ2v) is 9.60. The molecule has 2 unspecified atom stereocenters. The number of aromatic nitrogens is 2. The first-order chi connectivity index (χ1) is 15.4. The van der Waals surface area contributed by atoms with Gasteiger partial charge in [0, 0.05) is 44.3 Å². The molecule has 0 bridgehead atoms. The average molecular weight is 434 g/mol. The fourth-order valence-corrected chi connectivity index (χ4v) is 4.61. The zero-order valence-electron chi connectivity index (χ0n) is 19.4. The van der Waals surface area contributed by atoms with E-state index in [0.717, 1.165) is 43.8 Å². The fraction of sp³-hybridized carbons (Fsp3) is 0.462. The number of nitrogens with zero attached hydrogens (tertiary/aromatic N) is 3. The largest absolute Gasteiger partial charge is 0.350 e. The molecule has 0 saturated carbocycles. The number of benzene rings is 1. The van der Waals surface area contributed by atoms with Crippen LogP contribution in [0.25, 0.3) is 5.65 Å². The van der Waals surface area contributed by atoms with Crippen molar-refractivity contribution in [1.82, 2.24) is 19.6 Å². The van der Waals surface area contributed by atoms with Gasteiger partial charge in [0.2, 0.25) is 0 Å². The van der Waals surface area contributed by atoms with Gasteiger partial charge in [-0.15, -0.1) is 0 Å². The molecule has 6 nitrogen and oxygen atoms in total. The summed E-state index contributed by atoms with van der Waals surface area (Å²) in [6.45, 7) is 9.83. The van der Waals surface area contributed by atoms with Crippen molar-refractivity contribution in [2.75, 3.05) is 19.6 Å². The maximum Gasteiger partial charge on any atom is 0.268 e. The molecule has 3 heterocycles. The van der Waals surface area contributed by atoms with Crippen LogP contribution >= 0.6 is 0 Å². The number of fused-ring (bicyclic) bond motifs is 1. The lowest BCUT2D eigenvalue weighted by Crippen LogP contribution is -2.30. The summed E-state index contributed by atoms with van der Waals surface area (Å²) in [5.74, 6) is 0.775. The van der Waals surface area contributed by atoms with E-state index in [-0.39, 0.29) is 17.9 Å². The third-order valence-corrected chi connectivity index (χ3v) is 6.28. The first kappa shape index (κ1) is 22.5. The molecule has 1 aromatic carbocycles. The average Bonchev–Trinajstić information content (AvgIpc) is 3.36. The molecule has 1 amide bonds. The number of carbonyl (C=O) groups is 1. The van der Waals surface area contributed by atoms with Crippen molar-refractivity contribution in [2.45, 2.75) is 52.1 Å². The summed E-state index contributed by atoms with van der Waals surface area (Å²) in [5.41, 5.74) is 10.9. The molecule has 1 saturated heterocycles. The van der Waals surface area contributed by atoms with Crippen molar-refractivity contribution in [3.63, 3.8) is 0 Å². The predicted octanol–water partition coefficient (Wildman–Crippen LogP) is 3.74. The van der Waals surface area contributed by atoms with Crippen molar-refractivity contribution in [2.24, 2.45) is 11.7 Å². The van der Waals surface area contributed by atoms with Crippen LogP contribution in [0.3, 0.4) is 0 Å². The van der Waals surface area contributed by atoms with Crippen LogP contribution < -0.4 is 11.1 Å². The Morgan fingerprint density at radius 1 is 1.22 bits per heavy atom. The van der Waals surface area contributed by atoms with E-state index in [9.17, 15) is 4.79 Å². The summed E-state index contributed by atoms with van der Waals surface area (Å²) in [6, 6.07) is 14.6. The van der Waals surface area contributed by atoms with Gasteiger partial charge in [-0.2, -0.15) is 0 Å². The highest BCUT2D eigenvalue weighted by atomic mass is 16.1. The molecule has 0 aliphatic carbocycles. The number of aryl methyl sites for hydroxylation is 1. The molecule has 2 atom stereocenters. The summed E-state index contributed by atoms with van der Waals surface area (Å²) in [6.07, 6.45) is 4.04. The third kappa shape index (κ3) is 5.37. The molecule has 1 aliphatic rings. The molecule has 0 spiro atoms. The van der Waals surface area contributed by atoms with Gasteiger partial charge in [0.1, 0.15) is 11.3 Å². The van der Waals surface area contributed by atoms with Gasteiger partial charge in [0.15, 0.2) is 0 Å². The van der Waals surface area contributed by atoms with Crippen molar-refractivity contribution in [1.29, 1.82) is 0 Å². The molecular formula is C26H35N5O. The molecule has 1 aliphatic heterocycles. The Morgan fingerprint density at radius 3 is 2.69 bits per heavy atom. The normalized spacial score (nSPS) is 17.8. The Bertz CT molecular complexity index is 1060. The summed E-state index contributed by atoms with van der Waals surface area (Å²) in [4.78, 5) is 20.2. The lowest BCUT2D eigenvalue weighted by atomic mass is 9.90. The molecule has 170 valence electrons. The monoisotopic (exact) mass is 433 g/mol. The van der Waals surface area contributed by atoms with E-state index < -0.39 is 0 Å². The van der Waals surface area contributed by atoms with Crippen LogP contribution in [0.1, 0.15) is 59.9 Å². The maximum atomic E-state index is 13.1. The second-order valence-electron chi connectivity index (χ2n) is 9.60. The number of hydrogen-bond donors (Lipinski definition) is 2. The molecular weight excluding hydrogens is 398 g/mol. The smallest absolute Gasteiger partial charge is 0.268 e. The molecule has 3 N–H and O–H groups in total. The highest BCUT2D eigenvalue weighted by molar-refractivity contribution is 5.93. The minimum Gasteiger partial charge on any atom is -0.350 e. The van der Waals surface area contributed by atoms with Crippen molar-refractivity contribution >= 4 is 11.6 Å². The Labute approximate surface area is 190 Å². The lowest BCUT2D eigenvalue weighted by Gasteiger charge is -2.20. The van der Waals surface area contributed by atoms with Crippen LogP contribution in [0, 0.1) is 12.8 Å². The summed E-state index contributed by atoms with van der Waals surface area (Å²) in [7, 11) is 0. The Balaban J connectivity index is 1.48. The van der Waals surface area contributed by atoms with E-state index in [1.165, 1.54) is 11.1 Å². The topological polar surface area (TPSA) is 75.7 Å². The van der Waals surface area contributed by atoms with Crippen LogP contribution in [0.4, 0.5) is 0 Å². The number of carbonyl (C=O) groups excluding carboxylic acids is 1. The van der Waals surface area contributed by atoms with Gasteiger partial charge in [-0.25, -0.2) is 4.98 Å². The number of imidazole rings is 1. The van der Waals surface area contributed by atoms with Crippen molar-refractivity contribution < 1.29 is 4.79 Å². The summed E-state index contributed by atoms with van der Waals surface area (Å²) in [5, 5.41) is 3.18. The fourth-order valence-electron chi connectivity index (χ4n) is 4.61. The number of nitrogens with two attached hydrogens (primary N) is 1. The zero-order chi connectivity index (χ0) is 22.7. The molecule has 4 rings (SSSR count). The number of nitrogens with one attached hydrogen (secondary N) is 1. The van der Waals surface area contributed by atoms with Crippen LogP contribution in [0.15, 0.2) is 48.7 Å². The van der Waals surface area contributed by atoms with Crippen molar-refractivity contribution in [3.8, 4) is 0 Å². The van der Waals surface area contributed by atoms with E-state index in [4.69, 9.17) is 10.7 Å². The summed E-state index contributed by atoms with van der Waals surface area (Å²) < 4.78 is 1.91. The summed E-state index contributed by atoms with van der Waals surface area (Å²) >= 11 is 0. The van der Waals surface area contributed by atoms with Gasteiger partial charge in [0.05, 0.1) is 5.69 Å². The van der Waals surface area contributed by atoms with Crippen LogP contribution in [0.5, 0.6) is 0 Å². The highest BCUT2D eigenvalue weighted by Crippen LogP contribution is 2.24. The number of likely N-dealkylation sites (tertiary alicyclic amines) is 1. The second kappa shape index (κ2) is 9.84. The van der Waals surface area contributed by atoms with Gasteiger partial charge in [-0.05, 0) is 43.4 Å². The number of pyridine rings is 1. The molecule has 32 heavy (non-hydrogen) atoms. The zero-order valence-corrected chi connectivity index (χ0v) is 19.4. The quantitative estimate of drug-likeness (QED) is 0.568. The minimum absolute atomic E-state index is 0.0661. The van der Waals surface area contributed by atoms with Crippen LogP contribution in [-0.2, 0) is 6.54 Å². The molecule has 2 aromatic heterocycles. The van der Waals surface area contributed by atoms with Gasteiger partial charge in [-0.1, -0.05) is 49.7 Å². The standard InChI is InChI=1S/C26H35N5O/c1-18(2)13-21(20-9-7-19(3)8-10-20)14-28-26(32)24-5-4-6-25-29-23(17-31(24)25)16-30-12-11-22(27)15-30/h4-10,17-18,21-22H,11-16,27H2,1-3H3,(H,28,32). The molecule has 1 fully saturated rings. The number of hydrogen-bond acceptors (Lipinski definition) is 4. The van der Waals surface area contributed by atoms with E-state index in [1.807, 2.05) is 28.8 Å². The highest BCUT2D eigenvalue weighted by Gasteiger charge is 2.21. The molecule has 6 heteroatoms. The number of rotatable bonds is 8. The number of amides is 1. The first-order valence-electron chi connectivity index (χ1n) is 11.7. The molecule has 3 aromatic rings. The first-order valence-corrected chi connectivity index (χ1v) is 11.7. The minimum atomic E-state index is -0.0661. The van der Waals surface area contributed by atoms with E-state index in [0.29, 0.717) is 18.2 Å². The third-order valence-electron chi connectivity index (χ3n) is 6.28. The van der Waals surface area contributed by atoms with Gasteiger partial charge in [-0.3, -0.25) is 14.1 Å². The Hall–Kier alpha value is -2.70. The van der Waals surface area contributed by atoms with Crippen LogP contribution in [0.2, 0.25) is 0 Å². The van der Waals surface area contributed by atoms with E-state index >= 15 is 0 Å². The van der Waals surface area contributed by atoms with E-state index in [2.05, 4.69) is 55.3 Å². The van der Waals surface area contributed by atoms with Gasteiger partial charge in [0.25, 0.3) is 5.91 Å². The van der Waals surface area contributed by atoms with Gasteiger partial charge >= 0.3 is 0 Å². The Morgan fingerprint density at radius 2 is 2.00 bits per heavy atom. The van der Waals surface area contributed by atoms with E-state index in [1.54, 1.807) is 0 Å².